The van der Waals surface area contributed by atoms with E-state index in [9.17, 15) is 9.59 Å². The van der Waals surface area contributed by atoms with Crippen LogP contribution < -0.4 is 20.7 Å². The lowest BCUT2D eigenvalue weighted by Crippen LogP contribution is -2.39. The van der Waals surface area contributed by atoms with Crippen LogP contribution >= 0.6 is 11.6 Å². The molecular weight excluding hydrogens is 404 g/mol. The van der Waals surface area contributed by atoms with Crippen molar-refractivity contribution in [2.24, 2.45) is 0 Å². The Morgan fingerprint density at radius 2 is 1.97 bits per heavy atom. The molecule has 2 aromatic carbocycles. The Bertz CT molecular complexity index is 917. The lowest BCUT2D eigenvalue weighted by Gasteiger charge is -2.31. The fourth-order valence-corrected chi connectivity index (χ4v) is 3.76. The SMILES string of the molecule is CCN(CC)[C@@H](CNC(=O)Nc1ccc2c(c1)NC(=O)[C@@H](C)O2)c1ccccc1Cl. The molecule has 0 aliphatic carbocycles. The molecule has 0 radical (unpaired) electrons. The van der Waals surface area contributed by atoms with Crippen molar-refractivity contribution in [3.63, 3.8) is 0 Å². The number of carbonyl (C=O) groups is 2. The monoisotopic (exact) mass is 430 g/mol. The second-order valence-electron chi connectivity index (χ2n) is 7.05. The maximum Gasteiger partial charge on any atom is 0.319 e. The molecule has 8 heteroatoms. The van der Waals surface area contributed by atoms with E-state index in [-0.39, 0.29) is 18.0 Å². The molecular formula is C22H27ClN4O3. The first kappa shape index (κ1) is 21.9. The first-order valence-electron chi connectivity index (χ1n) is 10.1. The van der Waals surface area contributed by atoms with Gasteiger partial charge in [0.05, 0.1) is 11.7 Å². The average molecular weight is 431 g/mol. The van der Waals surface area contributed by atoms with Crippen molar-refractivity contribution < 1.29 is 14.3 Å². The highest BCUT2D eigenvalue weighted by atomic mass is 35.5. The van der Waals surface area contributed by atoms with Gasteiger partial charge in [-0.05, 0) is 49.8 Å². The number of amides is 3. The van der Waals surface area contributed by atoms with E-state index < -0.39 is 6.10 Å². The number of nitrogens with one attached hydrogen (secondary N) is 3. The van der Waals surface area contributed by atoms with Gasteiger partial charge in [0.25, 0.3) is 5.91 Å². The highest BCUT2D eigenvalue weighted by Crippen LogP contribution is 2.32. The summed E-state index contributed by atoms with van der Waals surface area (Å²) in [5.41, 5.74) is 2.07. The van der Waals surface area contributed by atoms with Crippen LogP contribution in [0.5, 0.6) is 5.75 Å². The van der Waals surface area contributed by atoms with Crippen molar-refractivity contribution in [3.8, 4) is 5.75 Å². The van der Waals surface area contributed by atoms with Crippen LogP contribution in [0.3, 0.4) is 0 Å². The molecule has 1 heterocycles. The predicted molar refractivity (Wildman–Crippen MR) is 119 cm³/mol. The molecule has 30 heavy (non-hydrogen) atoms. The molecule has 3 amide bonds. The Hall–Kier alpha value is -2.77. The number of anilines is 2. The second kappa shape index (κ2) is 9.82. The van der Waals surface area contributed by atoms with Crippen LogP contribution in [0.4, 0.5) is 16.2 Å². The molecule has 0 fully saturated rings. The van der Waals surface area contributed by atoms with E-state index in [2.05, 4.69) is 34.7 Å². The van der Waals surface area contributed by atoms with Crippen LogP contribution in [-0.2, 0) is 4.79 Å². The smallest absolute Gasteiger partial charge is 0.319 e. The van der Waals surface area contributed by atoms with Crippen molar-refractivity contribution in [3.05, 3.63) is 53.1 Å². The standard InChI is InChI=1S/C22H27ClN4O3/c1-4-27(5-2)19(16-8-6-7-9-17(16)23)13-24-22(29)25-15-10-11-20-18(12-15)26-21(28)14(3)30-20/h6-12,14,19H,4-5,13H2,1-3H3,(H,26,28)(H2,24,25,29)/t14-,19+/m1/s1. The van der Waals surface area contributed by atoms with Gasteiger partial charge < -0.3 is 20.7 Å². The van der Waals surface area contributed by atoms with Gasteiger partial charge in [0, 0.05) is 17.3 Å². The number of ether oxygens (including phenoxy) is 1. The van der Waals surface area contributed by atoms with Gasteiger partial charge in [-0.15, -0.1) is 0 Å². The molecule has 0 saturated heterocycles. The van der Waals surface area contributed by atoms with E-state index in [0.717, 1.165) is 18.7 Å². The van der Waals surface area contributed by atoms with Crippen LogP contribution in [0.15, 0.2) is 42.5 Å². The number of benzene rings is 2. The Morgan fingerprint density at radius 1 is 1.23 bits per heavy atom. The molecule has 3 N–H and O–H groups in total. The third-order valence-corrected chi connectivity index (χ3v) is 5.49. The zero-order valence-electron chi connectivity index (χ0n) is 17.4. The Morgan fingerprint density at radius 3 is 2.67 bits per heavy atom. The van der Waals surface area contributed by atoms with Crippen LogP contribution in [0.1, 0.15) is 32.4 Å². The number of halogens is 1. The molecule has 0 unspecified atom stereocenters. The highest BCUT2D eigenvalue weighted by molar-refractivity contribution is 6.31. The number of hydrogen-bond acceptors (Lipinski definition) is 4. The fourth-order valence-electron chi connectivity index (χ4n) is 3.50. The van der Waals surface area contributed by atoms with Gasteiger partial charge in [0.1, 0.15) is 5.75 Å². The first-order valence-corrected chi connectivity index (χ1v) is 10.5. The summed E-state index contributed by atoms with van der Waals surface area (Å²) in [6.45, 7) is 7.91. The third kappa shape index (κ3) is 5.04. The third-order valence-electron chi connectivity index (χ3n) is 5.14. The molecule has 0 spiro atoms. The van der Waals surface area contributed by atoms with Gasteiger partial charge in [-0.3, -0.25) is 9.69 Å². The molecule has 0 bridgehead atoms. The van der Waals surface area contributed by atoms with Gasteiger partial charge in [-0.1, -0.05) is 43.6 Å². The molecule has 1 aliphatic rings. The number of rotatable bonds is 7. The predicted octanol–water partition coefficient (Wildman–Crippen LogP) is 4.26. The van der Waals surface area contributed by atoms with Crippen molar-refractivity contribution in [2.45, 2.75) is 32.9 Å². The van der Waals surface area contributed by atoms with Crippen molar-refractivity contribution in [1.82, 2.24) is 10.2 Å². The summed E-state index contributed by atoms with van der Waals surface area (Å²) in [4.78, 5) is 26.6. The summed E-state index contributed by atoms with van der Waals surface area (Å²) >= 11 is 6.41. The van der Waals surface area contributed by atoms with E-state index in [0.29, 0.717) is 28.7 Å². The molecule has 0 saturated carbocycles. The van der Waals surface area contributed by atoms with Crippen molar-refractivity contribution >= 4 is 34.9 Å². The number of carbonyl (C=O) groups excluding carboxylic acids is 2. The number of fused-ring (bicyclic) bond motifs is 1. The largest absolute Gasteiger partial charge is 0.479 e. The van der Waals surface area contributed by atoms with E-state index >= 15 is 0 Å². The quantitative estimate of drug-likeness (QED) is 0.612. The second-order valence-corrected chi connectivity index (χ2v) is 7.46. The number of hydrogen-bond donors (Lipinski definition) is 3. The van der Waals surface area contributed by atoms with Gasteiger partial charge in [-0.2, -0.15) is 0 Å². The molecule has 2 atom stereocenters. The molecule has 1 aliphatic heterocycles. The zero-order valence-corrected chi connectivity index (χ0v) is 18.1. The zero-order chi connectivity index (χ0) is 21.7. The van der Waals surface area contributed by atoms with Gasteiger partial charge in [0.15, 0.2) is 6.10 Å². The number of urea groups is 1. The number of nitrogens with zero attached hydrogens (tertiary/aromatic N) is 1. The van der Waals surface area contributed by atoms with Gasteiger partial charge >= 0.3 is 6.03 Å². The summed E-state index contributed by atoms with van der Waals surface area (Å²) in [7, 11) is 0. The lowest BCUT2D eigenvalue weighted by atomic mass is 10.0. The summed E-state index contributed by atoms with van der Waals surface area (Å²) in [6, 6.07) is 12.4. The first-order chi connectivity index (χ1) is 14.4. The summed E-state index contributed by atoms with van der Waals surface area (Å²) in [5.74, 6) is 0.360. The maximum atomic E-state index is 12.5. The van der Waals surface area contributed by atoms with Crippen LogP contribution in [0.25, 0.3) is 0 Å². The summed E-state index contributed by atoms with van der Waals surface area (Å²) in [5, 5.41) is 9.19. The molecule has 7 nitrogen and oxygen atoms in total. The average Bonchev–Trinajstić information content (AvgIpc) is 2.73. The molecule has 3 rings (SSSR count). The van der Waals surface area contributed by atoms with E-state index in [4.69, 9.17) is 16.3 Å². The van der Waals surface area contributed by atoms with Crippen molar-refractivity contribution in [1.29, 1.82) is 0 Å². The van der Waals surface area contributed by atoms with Gasteiger partial charge in [0.2, 0.25) is 0 Å². The minimum atomic E-state index is -0.540. The van der Waals surface area contributed by atoms with Crippen LogP contribution in [0, 0.1) is 0 Å². The van der Waals surface area contributed by atoms with E-state index in [1.54, 1.807) is 25.1 Å². The number of likely N-dealkylation sites (N-methyl/N-ethyl adjacent to an activating group) is 1. The summed E-state index contributed by atoms with van der Waals surface area (Å²) < 4.78 is 5.54. The van der Waals surface area contributed by atoms with Crippen LogP contribution in [-0.4, -0.2) is 42.6 Å². The topological polar surface area (TPSA) is 82.7 Å². The molecule has 160 valence electrons. The van der Waals surface area contributed by atoms with E-state index in [1.165, 1.54) is 0 Å². The maximum absolute atomic E-state index is 12.5. The molecule has 2 aromatic rings. The highest BCUT2D eigenvalue weighted by Gasteiger charge is 2.24. The van der Waals surface area contributed by atoms with E-state index in [1.807, 2.05) is 24.3 Å². The fraction of sp³-hybridized carbons (Fsp3) is 0.364. The lowest BCUT2D eigenvalue weighted by molar-refractivity contribution is -0.122. The minimum absolute atomic E-state index is 0.0443. The normalized spacial score (nSPS) is 16.3. The minimum Gasteiger partial charge on any atom is -0.479 e. The Kier molecular flexibility index (Phi) is 7.18. The van der Waals surface area contributed by atoms with Crippen molar-refractivity contribution in [2.75, 3.05) is 30.3 Å². The molecule has 0 aromatic heterocycles. The summed E-state index contributed by atoms with van der Waals surface area (Å²) in [6.07, 6.45) is -0.540. The Balaban J connectivity index is 1.67. The Labute approximate surface area is 181 Å². The van der Waals surface area contributed by atoms with Gasteiger partial charge in [-0.25, -0.2) is 4.79 Å². The van der Waals surface area contributed by atoms with Crippen LogP contribution in [0.2, 0.25) is 5.02 Å².